The lowest BCUT2D eigenvalue weighted by molar-refractivity contribution is -0.151. The van der Waals surface area contributed by atoms with E-state index in [0.29, 0.717) is 12.8 Å². The van der Waals surface area contributed by atoms with Crippen LogP contribution in [0.5, 0.6) is 0 Å². The SMILES string of the molecule is C=C1C(=O)O[C@H]2[C@H]1[C@H](OC(C)=O)C/C(C)=C\CC/C(C)=C\C[C@H](OC(C)=O)[C@]1(C)O[C@@H]21. The van der Waals surface area contributed by atoms with E-state index in [9.17, 15) is 14.4 Å². The largest absolute Gasteiger partial charge is 0.461 e. The molecule has 170 valence electrons. The molecule has 0 radical (unpaired) electrons. The van der Waals surface area contributed by atoms with Crippen LogP contribution < -0.4 is 0 Å². The lowest BCUT2D eigenvalue weighted by atomic mass is 9.82. The fraction of sp³-hybridized carbons (Fsp3) is 0.625. The molecule has 0 unspecified atom stereocenters. The highest BCUT2D eigenvalue weighted by Gasteiger charge is 2.67. The summed E-state index contributed by atoms with van der Waals surface area (Å²) in [6.07, 6.45) is 4.57. The molecule has 2 heterocycles. The summed E-state index contributed by atoms with van der Waals surface area (Å²) in [4.78, 5) is 36.0. The van der Waals surface area contributed by atoms with E-state index in [-0.39, 0.29) is 5.57 Å². The number of hydrogen-bond acceptors (Lipinski definition) is 7. The van der Waals surface area contributed by atoms with Crippen molar-refractivity contribution >= 4 is 17.9 Å². The molecule has 1 aliphatic carbocycles. The first-order valence-corrected chi connectivity index (χ1v) is 10.8. The zero-order valence-electron chi connectivity index (χ0n) is 18.9. The Balaban J connectivity index is 2.00. The van der Waals surface area contributed by atoms with E-state index in [2.05, 4.69) is 18.7 Å². The quantitative estimate of drug-likeness (QED) is 0.217. The second-order valence-corrected chi connectivity index (χ2v) is 8.97. The number of allylic oxidation sites excluding steroid dienone is 2. The number of hydrogen-bond donors (Lipinski definition) is 0. The monoisotopic (exact) mass is 432 g/mol. The second-order valence-electron chi connectivity index (χ2n) is 8.97. The van der Waals surface area contributed by atoms with E-state index in [1.54, 1.807) is 0 Å². The number of ether oxygens (including phenoxy) is 4. The average molecular weight is 433 g/mol. The Labute approximate surface area is 183 Å². The molecule has 2 saturated heterocycles. The first-order chi connectivity index (χ1) is 14.5. The Kier molecular flexibility index (Phi) is 6.74. The van der Waals surface area contributed by atoms with E-state index < -0.39 is 53.8 Å². The van der Waals surface area contributed by atoms with Crippen molar-refractivity contribution in [2.24, 2.45) is 5.92 Å². The molecule has 0 bridgehead atoms. The standard InChI is InChI=1S/C24H32O7/c1-13-8-7-9-14(2)12-18(28-16(4)25)20-15(3)23(27)30-21(20)22-24(6,31-22)19(11-10-13)29-17(5)26/h9-10,18-22H,3,7-8,11-12H2,1-2,4-6H3/b13-10-,14-9-/t18-,19+,20-,21+,22+,24+/m1/s1. The van der Waals surface area contributed by atoms with Crippen molar-refractivity contribution in [1.29, 1.82) is 0 Å². The van der Waals surface area contributed by atoms with Crippen LogP contribution in [-0.2, 0) is 33.3 Å². The van der Waals surface area contributed by atoms with Gasteiger partial charge < -0.3 is 18.9 Å². The maximum absolute atomic E-state index is 12.4. The number of rotatable bonds is 2. The smallest absolute Gasteiger partial charge is 0.334 e. The fourth-order valence-electron chi connectivity index (χ4n) is 4.60. The van der Waals surface area contributed by atoms with Crippen LogP contribution in [0, 0.1) is 5.92 Å². The van der Waals surface area contributed by atoms with Crippen molar-refractivity contribution in [3.8, 4) is 0 Å². The van der Waals surface area contributed by atoms with Gasteiger partial charge >= 0.3 is 17.9 Å². The van der Waals surface area contributed by atoms with Crippen molar-refractivity contribution in [3.05, 3.63) is 35.5 Å². The van der Waals surface area contributed by atoms with Crippen LogP contribution in [-0.4, -0.2) is 47.9 Å². The van der Waals surface area contributed by atoms with Crippen molar-refractivity contribution < 1.29 is 33.3 Å². The van der Waals surface area contributed by atoms with Gasteiger partial charge in [0.25, 0.3) is 0 Å². The van der Waals surface area contributed by atoms with Crippen LogP contribution in [0.3, 0.4) is 0 Å². The molecular weight excluding hydrogens is 400 g/mol. The Bertz CT molecular complexity index is 839. The molecule has 0 amide bonds. The van der Waals surface area contributed by atoms with Gasteiger partial charge in [-0.3, -0.25) is 9.59 Å². The van der Waals surface area contributed by atoms with Crippen LogP contribution in [0.4, 0.5) is 0 Å². The first-order valence-electron chi connectivity index (χ1n) is 10.8. The summed E-state index contributed by atoms with van der Waals surface area (Å²) in [7, 11) is 0. The molecule has 7 heteroatoms. The average Bonchev–Trinajstić information content (AvgIpc) is 3.26. The third-order valence-electron chi connectivity index (χ3n) is 6.35. The van der Waals surface area contributed by atoms with E-state index in [1.165, 1.54) is 19.4 Å². The van der Waals surface area contributed by atoms with Crippen molar-refractivity contribution in [1.82, 2.24) is 0 Å². The first kappa shape index (κ1) is 23.3. The minimum atomic E-state index is -0.813. The molecule has 0 aromatic heterocycles. The highest BCUT2D eigenvalue weighted by atomic mass is 16.7. The summed E-state index contributed by atoms with van der Waals surface area (Å²) < 4.78 is 22.9. The van der Waals surface area contributed by atoms with E-state index in [4.69, 9.17) is 18.9 Å². The van der Waals surface area contributed by atoms with E-state index >= 15 is 0 Å². The molecule has 0 spiro atoms. The van der Waals surface area contributed by atoms with Gasteiger partial charge in [0.1, 0.15) is 30.0 Å². The van der Waals surface area contributed by atoms with Gasteiger partial charge in [0.15, 0.2) is 0 Å². The van der Waals surface area contributed by atoms with Crippen LogP contribution in [0.2, 0.25) is 0 Å². The van der Waals surface area contributed by atoms with Gasteiger partial charge in [-0.15, -0.1) is 0 Å². The van der Waals surface area contributed by atoms with Gasteiger partial charge in [-0.05, 0) is 33.6 Å². The maximum Gasteiger partial charge on any atom is 0.334 e. The van der Waals surface area contributed by atoms with Crippen LogP contribution in [0.25, 0.3) is 0 Å². The molecule has 0 aromatic carbocycles. The zero-order valence-corrected chi connectivity index (χ0v) is 18.9. The van der Waals surface area contributed by atoms with Crippen molar-refractivity contribution in [2.45, 2.75) is 90.3 Å². The molecule has 2 fully saturated rings. The topological polar surface area (TPSA) is 91.4 Å². The second kappa shape index (κ2) is 8.99. The van der Waals surface area contributed by atoms with Crippen molar-refractivity contribution in [3.63, 3.8) is 0 Å². The number of epoxide rings is 1. The fourth-order valence-corrected chi connectivity index (χ4v) is 4.60. The summed E-state index contributed by atoms with van der Waals surface area (Å²) in [5.74, 6) is -1.88. The number of carbonyl (C=O) groups excluding carboxylic acids is 3. The molecular formula is C24H32O7. The molecule has 3 rings (SSSR count). The molecule has 0 N–H and O–H groups in total. The number of carbonyl (C=O) groups is 3. The molecule has 7 nitrogen and oxygen atoms in total. The molecule has 0 saturated carbocycles. The lowest BCUT2D eigenvalue weighted by Gasteiger charge is -2.28. The Morgan fingerprint density at radius 2 is 1.81 bits per heavy atom. The van der Waals surface area contributed by atoms with Crippen molar-refractivity contribution in [2.75, 3.05) is 0 Å². The molecule has 3 aliphatic rings. The van der Waals surface area contributed by atoms with E-state index in [0.717, 1.165) is 18.4 Å². The zero-order chi connectivity index (χ0) is 22.9. The predicted octanol–water partition coefficient (Wildman–Crippen LogP) is 3.57. The van der Waals surface area contributed by atoms with Gasteiger partial charge in [0, 0.05) is 32.3 Å². The van der Waals surface area contributed by atoms with E-state index in [1.807, 2.05) is 20.8 Å². The molecule has 2 aliphatic heterocycles. The lowest BCUT2D eigenvalue weighted by Crippen LogP contribution is -2.41. The summed E-state index contributed by atoms with van der Waals surface area (Å²) in [5.41, 5.74) is 1.72. The third-order valence-corrected chi connectivity index (χ3v) is 6.35. The summed E-state index contributed by atoms with van der Waals surface area (Å²) in [6, 6.07) is 0. The highest BCUT2D eigenvalue weighted by molar-refractivity contribution is 5.91. The van der Waals surface area contributed by atoms with Gasteiger partial charge in [0.2, 0.25) is 0 Å². The Morgan fingerprint density at radius 1 is 1.13 bits per heavy atom. The molecule has 0 aromatic rings. The predicted molar refractivity (Wildman–Crippen MR) is 113 cm³/mol. The number of fused-ring (bicyclic) bond motifs is 3. The molecule has 31 heavy (non-hydrogen) atoms. The van der Waals surface area contributed by atoms with Crippen LogP contribution >= 0.6 is 0 Å². The molecule has 6 atom stereocenters. The van der Waals surface area contributed by atoms with Gasteiger partial charge in [0.05, 0.1) is 5.92 Å². The summed E-state index contributed by atoms with van der Waals surface area (Å²) >= 11 is 0. The maximum atomic E-state index is 12.4. The summed E-state index contributed by atoms with van der Waals surface area (Å²) in [6.45, 7) is 12.5. The minimum Gasteiger partial charge on any atom is -0.461 e. The normalized spacial score (nSPS) is 39.5. The van der Waals surface area contributed by atoms with Crippen LogP contribution in [0.15, 0.2) is 35.5 Å². The van der Waals surface area contributed by atoms with Gasteiger partial charge in [-0.2, -0.15) is 0 Å². The van der Waals surface area contributed by atoms with Crippen LogP contribution in [0.1, 0.15) is 60.3 Å². The Morgan fingerprint density at radius 3 is 2.45 bits per heavy atom. The third kappa shape index (κ3) is 5.09. The highest BCUT2D eigenvalue weighted by Crippen LogP contribution is 2.50. The number of esters is 3. The minimum absolute atomic E-state index is 0.272. The summed E-state index contributed by atoms with van der Waals surface area (Å²) in [5, 5.41) is 0. The van der Waals surface area contributed by atoms with Gasteiger partial charge in [-0.25, -0.2) is 4.79 Å². The Hall–Kier alpha value is -2.41. The van der Waals surface area contributed by atoms with Gasteiger partial charge in [-0.1, -0.05) is 29.9 Å².